The average Bonchev–Trinajstić information content (AvgIpc) is 1.82. The zero-order chi connectivity index (χ0) is 9.78. The van der Waals surface area contributed by atoms with E-state index >= 15 is 0 Å². The minimum absolute atomic E-state index is 0.426. The predicted octanol–water partition coefficient (Wildman–Crippen LogP) is 2.17. The van der Waals surface area contributed by atoms with Crippen LogP contribution in [0.4, 0.5) is 22.0 Å². The van der Waals surface area contributed by atoms with Crippen LogP contribution in [0.1, 0.15) is 0 Å². The summed E-state index contributed by atoms with van der Waals surface area (Å²) in [4.78, 5) is 7.11. The van der Waals surface area contributed by atoms with Crippen molar-refractivity contribution in [2.75, 3.05) is 7.11 Å². The Bertz CT molecular complexity index is 130. The highest BCUT2D eigenvalue weighted by molar-refractivity contribution is 7.97. The summed E-state index contributed by atoms with van der Waals surface area (Å²) in [6, 6.07) is 0. The summed E-state index contributed by atoms with van der Waals surface area (Å²) < 4.78 is 56.6. The van der Waals surface area contributed by atoms with Crippen LogP contribution in [0.5, 0.6) is 0 Å². The van der Waals surface area contributed by atoms with Gasteiger partial charge in [-0.2, -0.15) is 26.8 Å². The first-order chi connectivity index (χ1) is 5.35. The molecule has 0 aliphatic carbocycles. The van der Waals surface area contributed by atoms with Crippen molar-refractivity contribution in [3.63, 3.8) is 0 Å². The van der Waals surface area contributed by atoms with Crippen LogP contribution in [0.2, 0.25) is 0 Å². The molecule has 74 valence electrons. The van der Waals surface area contributed by atoms with E-state index in [2.05, 4.69) is 9.68 Å². The maximum absolute atomic E-state index is 11.5. The Morgan fingerprint density at radius 2 is 1.83 bits per heavy atom. The van der Waals surface area contributed by atoms with E-state index in [4.69, 9.17) is 0 Å². The highest BCUT2D eigenvalue weighted by Crippen LogP contribution is 2.33. The Hall–Kier alpha value is -0.120. The summed E-state index contributed by atoms with van der Waals surface area (Å²) in [7, 11) is 0.765. The first-order valence-electron chi connectivity index (χ1n) is 2.40. The zero-order valence-corrected chi connectivity index (χ0v) is 6.46. The SMILES string of the molecule is CON(OC(F)F)SC(F)(F)F. The Morgan fingerprint density at radius 1 is 1.33 bits per heavy atom. The van der Waals surface area contributed by atoms with Crippen molar-refractivity contribution in [2.24, 2.45) is 0 Å². The van der Waals surface area contributed by atoms with Crippen molar-refractivity contribution in [1.29, 1.82) is 0 Å². The van der Waals surface area contributed by atoms with Crippen LogP contribution in [0.3, 0.4) is 0 Å². The van der Waals surface area contributed by atoms with E-state index in [1.807, 2.05) is 0 Å². The second-order valence-electron chi connectivity index (χ2n) is 1.31. The van der Waals surface area contributed by atoms with Crippen LogP contribution in [-0.4, -0.2) is 23.9 Å². The van der Waals surface area contributed by atoms with Gasteiger partial charge in [-0.1, -0.05) is 0 Å². The van der Waals surface area contributed by atoms with E-state index in [-0.39, 0.29) is 0 Å². The van der Waals surface area contributed by atoms with Crippen LogP contribution < -0.4 is 0 Å². The molecule has 0 saturated carbocycles. The summed E-state index contributed by atoms with van der Waals surface area (Å²) >= 11 is -0.961. The standard InChI is InChI=1S/C3H4F5NO2S/c1-10-9(11-2(4)5)12-3(6,7)8/h2H,1H3. The summed E-state index contributed by atoms with van der Waals surface area (Å²) in [5.74, 6) is 0. The van der Waals surface area contributed by atoms with Gasteiger partial charge in [-0.3, -0.25) is 4.84 Å². The van der Waals surface area contributed by atoms with E-state index in [9.17, 15) is 22.0 Å². The lowest BCUT2D eigenvalue weighted by molar-refractivity contribution is -0.356. The molecule has 3 nitrogen and oxygen atoms in total. The van der Waals surface area contributed by atoms with Gasteiger partial charge in [0.15, 0.2) is 0 Å². The van der Waals surface area contributed by atoms with E-state index in [0.717, 1.165) is 7.11 Å². The Balaban J connectivity index is 3.83. The third kappa shape index (κ3) is 6.58. The molecule has 0 aromatic rings. The van der Waals surface area contributed by atoms with Crippen molar-refractivity contribution < 1.29 is 31.6 Å². The molecule has 12 heavy (non-hydrogen) atoms. The second-order valence-corrected chi connectivity index (χ2v) is 2.25. The summed E-state index contributed by atoms with van der Waals surface area (Å²) in [5.41, 5.74) is -4.73. The molecule has 0 radical (unpaired) electrons. The molecule has 0 aromatic carbocycles. The zero-order valence-electron chi connectivity index (χ0n) is 5.64. The van der Waals surface area contributed by atoms with Gasteiger partial charge < -0.3 is 0 Å². The largest absolute Gasteiger partial charge is 0.460 e. The molecule has 0 unspecified atom stereocenters. The van der Waals surface area contributed by atoms with Crippen LogP contribution in [-0.2, 0) is 9.68 Å². The molecule has 0 N–H and O–H groups in total. The van der Waals surface area contributed by atoms with E-state index in [1.54, 1.807) is 0 Å². The van der Waals surface area contributed by atoms with Gasteiger partial charge in [-0.05, 0) is 0 Å². The lowest BCUT2D eigenvalue weighted by Gasteiger charge is -2.16. The molecule has 0 saturated heterocycles. The highest BCUT2D eigenvalue weighted by atomic mass is 32.2. The lowest BCUT2D eigenvalue weighted by atomic mass is 11.5. The van der Waals surface area contributed by atoms with Gasteiger partial charge in [-0.25, -0.2) is 0 Å². The van der Waals surface area contributed by atoms with E-state index in [1.165, 1.54) is 0 Å². The third-order valence-electron chi connectivity index (χ3n) is 0.493. The van der Waals surface area contributed by atoms with Crippen molar-refractivity contribution in [3.8, 4) is 0 Å². The van der Waals surface area contributed by atoms with Gasteiger partial charge in [0, 0.05) is 4.63 Å². The molecular weight excluding hydrogens is 209 g/mol. The fourth-order valence-electron chi connectivity index (χ4n) is 0.251. The van der Waals surface area contributed by atoms with Crippen LogP contribution in [0.25, 0.3) is 0 Å². The van der Waals surface area contributed by atoms with Gasteiger partial charge in [0.25, 0.3) is 0 Å². The molecule has 9 heteroatoms. The van der Waals surface area contributed by atoms with Gasteiger partial charge in [-0.15, -0.1) is 0 Å². The molecule has 0 amide bonds. The minimum atomic E-state index is -4.73. The normalized spacial score (nSPS) is 13.0. The first-order valence-corrected chi connectivity index (χ1v) is 3.17. The second kappa shape index (κ2) is 4.80. The Morgan fingerprint density at radius 3 is 2.08 bits per heavy atom. The quantitative estimate of drug-likeness (QED) is 0.405. The highest BCUT2D eigenvalue weighted by Gasteiger charge is 2.35. The van der Waals surface area contributed by atoms with Crippen LogP contribution in [0.15, 0.2) is 0 Å². The van der Waals surface area contributed by atoms with E-state index in [0.29, 0.717) is 0 Å². The maximum Gasteiger partial charge on any atom is 0.460 e. The molecule has 0 bridgehead atoms. The fraction of sp³-hybridized carbons (Fsp3) is 1.00. The summed E-state index contributed by atoms with van der Waals surface area (Å²) in [6.07, 6.45) is 0. The van der Waals surface area contributed by atoms with Gasteiger partial charge in [0.2, 0.25) is 0 Å². The molecule has 0 rings (SSSR count). The van der Waals surface area contributed by atoms with Crippen LogP contribution >= 0.6 is 11.9 Å². The molecule has 0 fully saturated rings. The van der Waals surface area contributed by atoms with Gasteiger partial charge >= 0.3 is 12.1 Å². The van der Waals surface area contributed by atoms with Crippen molar-refractivity contribution in [2.45, 2.75) is 12.1 Å². The van der Waals surface area contributed by atoms with E-state index < -0.39 is 28.7 Å². The third-order valence-corrected chi connectivity index (χ3v) is 1.08. The number of hydrogen-bond acceptors (Lipinski definition) is 4. The molecule has 0 aliphatic rings. The molecule has 0 atom stereocenters. The first kappa shape index (κ1) is 11.9. The van der Waals surface area contributed by atoms with Gasteiger partial charge in [0.05, 0.1) is 19.1 Å². The van der Waals surface area contributed by atoms with Crippen molar-refractivity contribution >= 4 is 11.9 Å². The van der Waals surface area contributed by atoms with Crippen LogP contribution in [0, 0.1) is 0 Å². The van der Waals surface area contributed by atoms with Gasteiger partial charge in [0.1, 0.15) is 0 Å². The smallest absolute Gasteiger partial charge is 0.267 e. The molecule has 0 aliphatic heterocycles. The summed E-state index contributed by atoms with van der Waals surface area (Å²) in [6.45, 7) is -3.36. The number of halogens is 5. The minimum Gasteiger partial charge on any atom is -0.267 e. The maximum atomic E-state index is 11.5. The average molecular weight is 213 g/mol. The Kier molecular flexibility index (Phi) is 4.75. The predicted molar refractivity (Wildman–Crippen MR) is 29.6 cm³/mol. The molecule has 0 aromatic heterocycles. The number of nitrogens with zero attached hydrogens (tertiary/aromatic N) is 1. The number of hydrogen-bond donors (Lipinski definition) is 0. The fourth-order valence-corrected chi connectivity index (χ4v) is 0.603. The van der Waals surface area contributed by atoms with Crippen molar-refractivity contribution in [1.82, 2.24) is 4.63 Å². The Labute approximate surface area is 68.5 Å². The molecule has 0 spiro atoms. The summed E-state index contributed by atoms with van der Waals surface area (Å²) in [5, 5.41) is 0. The monoisotopic (exact) mass is 213 g/mol. The topological polar surface area (TPSA) is 21.7 Å². The van der Waals surface area contributed by atoms with Crippen molar-refractivity contribution in [3.05, 3.63) is 0 Å². The molecular formula is C3H4F5NO2S. The molecule has 0 heterocycles. The number of rotatable bonds is 4. The number of alkyl halides is 5. The lowest BCUT2D eigenvalue weighted by Crippen LogP contribution is -2.22.